The molecular formula is C14H9FN4O3. The SMILES string of the molecule is Cc1ccc(-c2nc3ccc(F)cn3c2N=O)cc1[N+](=O)[O-]. The van der Waals surface area contributed by atoms with Gasteiger partial charge in [0.2, 0.25) is 5.82 Å². The van der Waals surface area contributed by atoms with Crippen LogP contribution < -0.4 is 0 Å². The molecule has 0 amide bonds. The maximum absolute atomic E-state index is 13.3. The van der Waals surface area contributed by atoms with Gasteiger partial charge >= 0.3 is 0 Å². The minimum Gasteiger partial charge on any atom is -0.278 e. The van der Waals surface area contributed by atoms with E-state index in [0.717, 1.165) is 6.20 Å². The molecule has 1 aromatic carbocycles. The predicted molar refractivity (Wildman–Crippen MR) is 77.4 cm³/mol. The molecule has 0 aliphatic carbocycles. The number of imidazole rings is 1. The van der Waals surface area contributed by atoms with Crippen molar-refractivity contribution >= 4 is 17.2 Å². The van der Waals surface area contributed by atoms with E-state index in [4.69, 9.17) is 0 Å². The Labute approximate surface area is 123 Å². The molecule has 3 aromatic rings. The zero-order valence-electron chi connectivity index (χ0n) is 11.4. The zero-order chi connectivity index (χ0) is 15.9. The number of aromatic nitrogens is 2. The van der Waals surface area contributed by atoms with E-state index in [1.807, 2.05) is 0 Å². The number of fused-ring (bicyclic) bond motifs is 1. The number of nitroso groups, excluding NO2 is 1. The summed E-state index contributed by atoms with van der Waals surface area (Å²) in [6.45, 7) is 1.61. The molecule has 0 aliphatic heterocycles. The van der Waals surface area contributed by atoms with Gasteiger partial charge in [-0.15, -0.1) is 4.91 Å². The molecular weight excluding hydrogens is 291 g/mol. The van der Waals surface area contributed by atoms with E-state index >= 15 is 0 Å². The maximum Gasteiger partial charge on any atom is 0.272 e. The van der Waals surface area contributed by atoms with Crippen LogP contribution in [0.25, 0.3) is 16.9 Å². The highest BCUT2D eigenvalue weighted by Gasteiger charge is 2.19. The second-order valence-corrected chi connectivity index (χ2v) is 4.71. The van der Waals surface area contributed by atoms with Crippen molar-refractivity contribution in [2.75, 3.05) is 0 Å². The van der Waals surface area contributed by atoms with Gasteiger partial charge in [-0.2, -0.15) is 0 Å². The second kappa shape index (κ2) is 4.99. The number of nitro benzene ring substituents is 1. The topological polar surface area (TPSA) is 89.9 Å². The number of halogens is 1. The van der Waals surface area contributed by atoms with Crippen molar-refractivity contribution in [1.82, 2.24) is 9.38 Å². The molecule has 110 valence electrons. The van der Waals surface area contributed by atoms with Crippen LogP contribution in [-0.2, 0) is 0 Å². The van der Waals surface area contributed by atoms with Gasteiger partial charge in [-0.25, -0.2) is 9.37 Å². The van der Waals surface area contributed by atoms with Crippen LogP contribution in [0.1, 0.15) is 5.56 Å². The van der Waals surface area contributed by atoms with Gasteiger partial charge in [-0.1, -0.05) is 12.1 Å². The van der Waals surface area contributed by atoms with Crippen LogP contribution in [0.15, 0.2) is 41.7 Å². The van der Waals surface area contributed by atoms with E-state index in [1.165, 1.54) is 22.6 Å². The summed E-state index contributed by atoms with van der Waals surface area (Å²) in [6.07, 6.45) is 1.09. The Morgan fingerprint density at radius 1 is 1.32 bits per heavy atom. The largest absolute Gasteiger partial charge is 0.278 e. The van der Waals surface area contributed by atoms with Gasteiger partial charge in [-0.05, 0) is 24.2 Å². The van der Waals surface area contributed by atoms with Crippen molar-refractivity contribution in [3.63, 3.8) is 0 Å². The molecule has 0 radical (unpaired) electrons. The lowest BCUT2D eigenvalue weighted by atomic mass is 10.1. The van der Waals surface area contributed by atoms with Crippen LogP contribution in [0, 0.1) is 27.8 Å². The van der Waals surface area contributed by atoms with Crippen LogP contribution in [0.2, 0.25) is 0 Å². The first-order valence-electron chi connectivity index (χ1n) is 6.27. The van der Waals surface area contributed by atoms with E-state index < -0.39 is 10.7 Å². The predicted octanol–water partition coefficient (Wildman–Crippen LogP) is 3.75. The fourth-order valence-electron chi connectivity index (χ4n) is 2.24. The highest BCUT2D eigenvalue weighted by molar-refractivity contribution is 5.76. The highest BCUT2D eigenvalue weighted by Crippen LogP contribution is 2.33. The zero-order valence-corrected chi connectivity index (χ0v) is 11.4. The lowest BCUT2D eigenvalue weighted by Gasteiger charge is -2.01. The molecule has 0 saturated carbocycles. The van der Waals surface area contributed by atoms with Crippen LogP contribution >= 0.6 is 0 Å². The van der Waals surface area contributed by atoms with E-state index in [1.54, 1.807) is 19.1 Å². The van der Waals surface area contributed by atoms with E-state index in [9.17, 15) is 19.4 Å². The van der Waals surface area contributed by atoms with Gasteiger partial charge < -0.3 is 0 Å². The van der Waals surface area contributed by atoms with Crippen molar-refractivity contribution in [2.45, 2.75) is 6.92 Å². The summed E-state index contributed by atoms with van der Waals surface area (Å²) < 4.78 is 14.5. The molecule has 2 aromatic heterocycles. The van der Waals surface area contributed by atoms with Crippen LogP contribution in [0.3, 0.4) is 0 Å². The number of pyridine rings is 1. The lowest BCUT2D eigenvalue weighted by Crippen LogP contribution is -1.92. The summed E-state index contributed by atoms with van der Waals surface area (Å²) >= 11 is 0. The van der Waals surface area contributed by atoms with Crippen molar-refractivity contribution in [3.05, 3.63) is 62.9 Å². The quantitative estimate of drug-likeness (QED) is 0.418. The van der Waals surface area contributed by atoms with E-state index in [2.05, 4.69) is 10.2 Å². The summed E-state index contributed by atoms with van der Waals surface area (Å²) in [6, 6.07) is 7.10. The summed E-state index contributed by atoms with van der Waals surface area (Å²) in [4.78, 5) is 25.8. The van der Waals surface area contributed by atoms with Crippen molar-refractivity contribution < 1.29 is 9.31 Å². The van der Waals surface area contributed by atoms with Gasteiger partial charge in [-0.3, -0.25) is 14.5 Å². The molecule has 0 aliphatic rings. The number of nitrogens with zero attached hydrogens (tertiary/aromatic N) is 4. The fraction of sp³-hybridized carbons (Fsp3) is 0.0714. The van der Waals surface area contributed by atoms with Crippen LogP contribution in [0.4, 0.5) is 15.9 Å². The minimum atomic E-state index is -0.545. The number of benzene rings is 1. The standard InChI is InChI=1S/C14H9FN4O3/c1-8-2-3-9(6-11(8)19(21)22)13-14(17-20)18-7-10(15)4-5-12(18)16-13/h2-7H,1H3. The third kappa shape index (κ3) is 2.10. The molecule has 0 fully saturated rings. The number of hydrogen-bond donors (Lipinski definition) is 0. The average molecular weight is 300 g/mol. The molecule has 0 unspecified atom stereocenters. The van der Waals surface area contributed by atoms with E-state index in [0.29, 0.717) is 16.8 Å². The van der Waals surface area contributed by atoms with Gasteiger partial charge in [0.15, 0.2) is 0 Å². The molecule has 0 N–H and O–H groups in total. The van der Waals surface area contributed by atoms with Crippen molar-refractivity contribution in [1.29, 1.82) is 0 Å². The smallest absolute Gasteiger partial charge is 0.272 e. The average Bonchev–Trinajstić information content (AvgIpc) is 2.85. The van der Waals surface area contributed by atoms with E-state index in [-0.39, 0.29) is 17.2 Å². The molecule has 3 rings (SSSR count). The van der Waals surface area contributed by atoms with Gasteiger partial charge in [0.25, 0.3) is 5.69 Å². The molecule has 22 heavy (non-hydrogen) atoms. The highest BCUT2D eigenvalue weighted by atomic mass is 19.1. The van der Waals surface area contributed by atoms with Gasteiger partial charge in [0, 0.05) is 23.4 Å². The fourth-order valence-corrected chi connectivity index (χ4v) is 2.24. The number of hydrogen-bond acceptors (Lipinski definition) is 5. The Balaban J connectivity index is 2.28. The first-order valence-corrected chi connectivity index (χ1v) is 6.27. The molecule has 0 spiro atoms. The molecule has 0 atom stereocenters. The summed E-state index contributed by atoms with van der Waals surface area (Å²) in [7, 11) is 0. The summed E-state index contributed by atoms with van der Waals surface area (Å²) in [5, 5.41) is 13.9. The van der Waals surface area contributed by atoms with Gasteiger partial charge in [0.1, 0.15) is 17.2 Å². The third-order valence-electron chi connectivity index (χ3n) is 3.32. The van der Waals surface area contributed by atoms with Crippen molar-refractivity contribution in [2.24, 2.45) is 5.18 Å². The Bertz CT molecular complexity index is 920. The minimum absolute atomic E-state index is 0.0856. The van der Waals surface area contributed by atoms with Crippen molar-refractivity contribution in [3.8, 4) is 11.3 Å². The lowest BCUT2D eigenvalue weighted by molar-refractivity contribution is -0.385. The second-order valence-electron chi connectivity index (χ2n) is 4.71. The first-order chi connectivity index (χ1) is 10.5. The monoisotopic (exact) mass is 300 g/mol. The number of rotatable bonds is 3. The Hall–Kier alpha value is -3.16. The third-order valence-corrected chi connectivity index (χ3v) is 3.32. The Kier molecular flexibility index (Phi) is 3.13. The van der Waals surface area contributed by atoms with Crippen LogP contribution in [0.5, 0.6) is 0 Å². The maximum atomic E-state index is 13.3. The Morgan fingerprint density at radius 3 is 2.77 bits per heavy atom. The van der Waals surface area contributed by atoms with Gasteiger partial charge in [0.05, 0.1) is 4.92 Å². The van der Waals surface area contributed by atoms with Crippen LogP contribution in [-0.4, -0.2) is 14.3 Å². The number of nitro groups is 1. The summed E-state index contributed by atoms with van der Waals surface area (Å²) in [5.74, 6) is -0.649. The molecule has 8 heteroatoms. The normalized spacial score (nSPS) is 10.8. The molecule has 0 bridgehead atoms. The number of aryl methyl sites for hydroxylation is 1. The summed E-state index contributed by atoms with van der Waals surface area (Å²) in [5.41, 5.74) is 1.27. The molecule has 2 heterocycles. The Morgan fingerprint density at radius 2 is 2.09 bits per heavy atom. The molecule has 7 nitrogen and oxygen atoms in total. The first kappa shape index (κ1) is 13.8. The molecule has 0 saturated heterocycles.